The van der Waals surface area contributed by atoms with Crippen LogP contribution in [-0.2, 0) is 11.3 Å². The summed E-state index contributed by atoms with van der Waals surface area (Å²) >= 11 is 0. The molecule has 0 aliphatic carbocycles. The van der Waals surface area contributed by atoms with Crippen molar-refractivity contribution >= 4 is 41.5 Å². The van der Waals surface area contributed by atoms with Gasteiger partial charge in [0.25, 0.3) is 0 Å². The normalized spacial score (nSPS) is 14.1. The van der Waals surface area contributed by atoms with Crippen molar-refractivity contribution in [2.24, 2.45) is 4.99 Å². The van der Waals surface area contributed by atoms with E-state index in [1.165, 1.54) is 0 Å². The summed E-state index contributed by atoms with van der Waals surface area (Å²) in [5.41, 5.74) is 1.11. The molecular formula is C21H30IN5O3. The van der Waals surface area contributed by atoms with Crippen molar-refractivity contribution < 1.29 is 13.9 Å². The summed E-state index contributed by atoms with van der Waals surface area (Å²) in [4.78, 5) is 21.1. The quantitative estimate of drug-likeness (QED) is 0.327. The van der Waals surface area contributed by atoms with E-state index in [-0.39, 0.29) is 36.4 Å². The molecule has 164 valence electrons. The average molecular weight is 527 g/mol. The summed E-state index contributed by atoms with van der Waals surface area (Å²) in [5.74, 6) is 2.24. The Balaban J connectivity index is 0.00000320. The number of carbonyl (C=O) groups is 1. The van der Waals surface area contributed by atoms with Crippen LogP contribution in [0.2, 0.25) is 0 Å². The average Bonchev–Trinajstić information content (AvgIpc) is 3.29. The zero-order valence-corrected chi connectivity index (χ0v) is 19.8. The third kappa shape index (κ3) is 6.54. The Morgan fingerprint density at radius 2 is 1.90 bits per heavy atom. The molecule has 3 rings (SSSR count). The van der Waals surface area contributed by atoms with Gasteiger partial charge in [-0.25, -0.2) is 4.99 Å². The van der Waals surface area contributed by atoms with Crippen molar-refractivity contribution in [3.05, 3.63) is 48.4 Å². The molecule has 1 aliphatic heterocycles. The highest BCUT2D eigenvalue weighted by Crippen LogP contribution is 2.28. The third-order valence-corrected chi connectivity index (χ3v) is 4.75. The van der Waals surface area contributed by atoms with Gasteiger partial charge >= 0.3 is 0 Å². The van der Waals surface area contributed by atoms with Gasteiger partial charge in [-0.15, -0.1) is 24.0 Å². The van der Waals surface area contributed by atoms with E-state index in [9.17, 15) is 4.79 Å². The number of aliphatic imine (C=N–C) groups is 1. The van der Waals surface area contributed by atoms with Crippen LogP contribution < -0.4 is 20.3 Å². The molecule has 9 heteroatoms. The highest BCUT2D eigenvalue weighted by molar-refractivity contribution is 14.0. The lowest BCUT2D eigenvalue weighted by Crippen LogP contribution is -2.52. The molecule has 1 saturated heterocycles. The van der Waals surface area contributed by atoms with Crippen molar-refractivity contribution in [1.29, 1.82) is 0 Å². The minimum atomic E-state index is -0.135. The van der Waals surface area contributed by atoms with Crippen LogP contribution in [0, 0.1) is 0 Å². The first-order chi connectivity index (χ1) is 14.2. The Kier molecular flexibility index (Phi) is 9.78. The number of halogens is 1. The Morgan fingerprint density at radius 3 is 2.57 bits per heavy atom. The second-order valence-corrected chi connectivity index (χ2v) is 6.67. The SMILES string of the molecule is CCNC(=NCC(=O)NCc1ccco1)N1CCN(c2ccccc2OC)CC1.I. The van der Waals surface area contributed by atoms with Crippen LogP contribution in [0.3, 0.4) is 0 Å². The number of benzene rings is 1. The molecule has 0 spiro atoms. The van der Waals surface area contributed by atoms with Gasteiger partial charge in [-0.1, -0.05) is 12.1 Å². The zero-order chi connectivity index (χ0) is 20.5. The van der Waals surface area contributed by atoms with Gasteiger partial charge < -0.3 is 29.6 Å². The highest BCUT2D eigenvalue weighted by Gasteiger charge is 2.21. The number of rotatable bonds is 7. The number of furan rings is 1. The van der Waals surface area contributed by atoms with Gasteiger partial charge in [-0.05, 0) is 31.2 Å². The number of amides is 1. The number of hydrogen-bond donors (Lipinski definition) is 2. The first-order valence-corrected chi connectivity index (χ1v) is 9.91. The first kappa shape index (κ1) is 23.8. The topological polar surface area (TPSA) is 82.3 Å². The number of para-hydroxylation sites is 2. The van der Waals surface area contributed by atoms with Crippen LogP contribution >= 0.6 is 24.0 Å². The molecule has 8 nitrogen and oxygen atoms in total. The van der Waals surface area contributed by atoms with Gasteiger partial charge in [-0.2, -0.15) is 0 Å². The highest BCUT2D eigenvalue weighted by atomic mass is 127. The molecular weight excluding hydrogens is 497 g/mol. The van der Waals surface area contributed by atoms with Crippen molar-refractivity contribution in [2.75, 3.05) is 51.3 Å². The Labute approximate surface area is 194 Å². The standard InChI is InChI=1S/C21H29N5O3.HI/c1-3-22-21(24-16-20(27)23-15-17-7-6-14-29-17)26-12-10-25(11-13-26)18-8-4-5-9-19(18)28-2;/h4-9,14H,3,10-13,15-16H2,1-2H3,(H,22,24)(H,23,27);1H. The third-order valence-electron chi connectivity index (χ3n) is 4.75. The number of carbonyl (C=O) groups excluding carboxylic acids is 1. The number of hydrogen-bond acceptors (Lipinski definition) is 5. The van der Waals surface area contributed by atoms with Crippen LogP contribution in [0.25, 0.3) is 0 Å². The summed E-state index contributed by atoms with van der Waals surface area (Å²) in [6.07, 6.45) is 1.59. The maximum Gasteiger partial charge on any atom is 0.242 e. The summed E-state index contributed by atoms with van der Waals surface area (Å²) in [6.45, 7) is 6.57. The Bertz CT molecular complexity index is 805. The maximum atomic E-state index is 12.1. The van der Waals surface area contributed by atoms with E-state index >= 15 is 0 Å². The van der Waals surface area contributed by atoms with E-state index < -0.39 is 0 Å². The van der Waals surface area contributed by atoms with E-state index in [0.29, 0.717) is 6.54 Å². The number of nitrogens with zero attached hydrogens (tertiary/aromatic N) is 3. The molecule has 1 fully saturated rings. The molecule has 0 saturated carbocycles. The van der Waals surface area contributed by atoms with Crippen LogP contribution in [0.1, 0.15) is 12.7 Å². The van der Waals surface area contributed by atoms with Crippen molar-refractivity contribution in [3.8, 4) is 5.75 Å². The fourth-order valence-electron chi connectivity index (χ4n) is 3.28. The minimum absolute atomic E-state index is 0. The molecule has 2 heterocycles. The van der Waals surface area contributed by atoms with Crippen LogP contribution in [0.5, 0.6) is 5.75 Å². The molecule has 30 heavy (non-hydrogen) atoms. The van der Waals surface area contributed by atoms with Gasteiger partial charge in [-0.3, -0.25) is 4.79 Å². The van der Waals surface area contributed by atoms with E-state index in [4.69, 9.17) is 9.15 Å². The zero-order valence-electron chi connectivity index (χ0n) is 17.5. The molecule has 1 amide bonds. The van der Waals surface area contributed by atoms with E-state index in [2.05, 4.69) is 31.5 Å². The molecule has 0 atom stereocenters. The summed E-state index contributed by atoms with van der Waals surface area (Å²) in [5, 5.41) is 6.11. The molecule has 0 radical (unpaired) electrons. The van der Waals surface area contributed by atoms with Crippen LogP contribution in [0.15, 0.2) is 52.1 Å². The fourth-order valence-corrected chi connectivity index (χ4v) is 3.28. The van der Waals surface area contributed by atoms with Crippen molar-refractivity contribution in [1.82, 2.24) is 15.5 Å². The van der Waals surface area contributed by atoms with E-state index in [1.54, 1.807) is 19.4 Å². The van der Waals surface area contributed by atoms with Crippen molar-refractivity contribution in [2.45, 2.75) is 13.5 Å². The van der Waals surface area contributed by atoms with Gasteiger partial charge in [0.15, 0.2) is 5.96 Å². The summed E-state index contributed by atoms with van der Waals surface area (Å²) in [7, 11) is 1.70. The first-order valence-electron chi connectivity index (χ1n) is 9.91. The number of methoxy groups -OCH3 is 1. The second kappa shape index (κ2) is 12.3. The molecule has 1 aromatic carbocycles. The minimum Gasteiger partial charge on any atom is -0.495 e. The molecule has 1 aromatic heterocycles. The smallest absolute Gasteiger partial charge is 0.242 e. The van der Waals surface area contributed by atoms with E-state index in [1.807, 2.05) is 31.2 Å². The van der Waals surface area contributed by atoms with Gasteiger partial charge in [0.05, 0.1) is 25.6 Å². The molecule has 1 aliphatic rings. The number of ether oxygens (including phenoxy) is 1. The summed E-state index contributed by atoms with van der Waals surface area (Å²) < 4.78 is 10.7. The summed E-state index contributed by atoms with van der Waals surface area (Å²) in [6, 6.07) is 11.7. The molecule has 0 unspecified atom stereocenters. The fraction of sp³-hybridized carbons (Fsp3) is 0.429. The lowest BCUT2D eigenvalue weighted by atomic mass is 10.2. The Morgan fingerprint density at radius 1 is 1.13 bits per heavy atom. The number of guanidine groups is 1. The molecule has 0 bridgehead atoms. The van der Waals surface area contributed by atoms with Gasteiger partial charge in [0, 0.05) is 32.7 Å². The predicted octanol–water partition coefficient (Wildman–Crippen LogP) is 2.31. The Hall–Kier alpha value is -2.43. The van der Waals surface area contributed by atoms with E-state index in [0.717, 1.165) is 55.9 Å². The molecule has 2 N–H and O–H groups in total. The second-order valence-electron chi connectivity index (χ2n) is 6.67. The predicted molar refractivity (Wildman–Crippen MR) is 129 cm³/mol. The lowest BCUT2D eigenvalue weighted by Gasteiger charge is -2.38. The monoisotopic (exact) mass is 527 g/mol. The largest absolute Gasteiger partial charge is 0.495 e. The van der Waals surface area contributed by atoms with Crippen LogP contribution in [0.4, 0.5) is 5.69 Å². The molecule has 2 aromatic rings. The number of nitrogens with one attached hydrogen (secondary N) is 2. The van der Waals surface area contributed by atoms with Gasteiger partial charge in [0.1, 0.15) is 18.1 Å². The van der Waals surface area contributed by atoms with Crippen LogP contribution in [-0.4, -0.2) is 63.1 Å². The van der Waals surface area contributed by atoms with Crippen molar-refractivity contribution in [3.63, 3.8) is 0 Å². The number of piperazine rings is 1. The number of anilines is 1. The van der Waals surface area contributed by atoms with Gasteiger partial charge in [0.2, 0.25) is 5.91 Å². The maximum absolute atomic E-state index is 12.1. The lowest BCUT2D eigenvalue weighted by molar-refractivity contribution is -0.119.